The van der Waals surface area contributed by atoms with E-state index in [-0.39, 0.29) is 42.0 Å². The molecule has 0 bridgehead atoms. The highest BCUT2D eigenvalue weighted by Crippen LogP contribution is 2.28. The molecule has 4 rings (SSSR count). The summed E-state index contributed by atoms with van der Waals surface area (Å²) in [6, 6.07) is 4.23. The maximum atomic E-state index is 12.7. The first-order valence-electron chi connectivity index (χ1n) is 12.2. The Morgan fingerprint density at radius 3 is 2.69 bits per heavy atom. The number of carbonyl (C=O) groups is 1. The van der Waals surface area contributed by atoms with Gasteiger partial charge in [0.2, 0.25) is 11.8 Å². The van der Waals surface area contributed by atoms with Gasteiger partial charge in [0.15, 0.2) is 5.96 Å². The van der Waals surface area contributed by atoms with Crippen LogP contribution < -0.4 is 15.4 Å². The van der Waals surface area contributed by atoms with E-state index in [0.717, 1.165) is 63.3 Å². The van der Waals surface area contributed by atoms with Crippen LogP contribution in [0, 0.1) is 5.92 Å². The van der Waals surface area contributed by atoms with E-state index in [2.05, 4.69) is 22.5 Å². The van der Waals surface area contributed by atoms with Crippen LogP contribution in [0.15, 0.2) is 23.3 Å². The lowest BCUT2D eigenvalue weighted by molar-refractivity contribution is -0.134. The lowest BCUT2D eigenvalue weighted by Gasteiger charge is -2.21. The summed E-state index contributed by atoms with van der Waals surface area (Å²) in [6.45, 7) is 4.99. The number of amides is 1. The standard InChI is InChI=1S/C24H37N5O2.HI/c1-2-25-24(28-20-13-15-29(17-20)23(30)18-8-3-4-9-18)27-16-19-10-7-14-26-22(19)31-21-11-5-6-12-21;/h7,10,14,18,20-21H,2-6,8-9,11-13,15-17H2,1H3,(H2,25,27,28);1H. The highest BCUT2D eigenvalue weighted by Gasteiger charge is 2.32. The van der Waals surface area contributed by atoms with Gasteiger partial charge in [-0.3, -0.25) is 4.79 Å². The Labute approximate surface area is 209 Å². The molecule has 1 saturated heterocycles. The fourth-order valence-electron chi connectivity index (χ4n) is 5.00. The molecule has 0 radical (unpaired) electrons. The quantitative estimate of drug-likeness (QED) is 0.304. The van der Waals surface area contributed by atoms with Gasteiger partial charge in [-0.25, -0.2) is 9.98 Å². The number of pyridine rings is 1. The van der Waals surface area contributed by atoms with Crippen molar-refractivity contribution in [2.75, 3.05) is 19.6 Å². The Morgan fingerprint density at radius 2 is 1.94 bits per heavy atom. The topological polar surface area (TPSA) is 78.9 Å². The van der Waals surface area contributed by atoms with E-state index in [4.69, 9.17) is 9.73 Å². The molecule has 0 aromatic carbocycles. The van der Waals surface area contributed by atoms with Gasteiger partial charge >= 0.3 is 0 Å². The van der Waals surface area contributed by atoms with Crippen LogP contribution in [0.3, 0.4) is 0 Å². The number of guanidine groups is 1. The minimum atomic E-state index is 0. The Bertz CT molecular complexity index is 763. The third kappa shape index (κ3) is 6.71. The molecule has 2 aliphatic carbocycles. The van der Waals surface area contributed by atoms with Crippen molar-refractivity contribution in [2.45, 2.75) is 83.4 Å². The molecule has 2 heterocycles. The first-order chi connectivity index (χ1) is 15.2. The van der Waals surface area contributed by atoms with Crippen LogP contribution in [0.5, 0.6) is 5.88 Å². The van der Waals surface area contributed by atoms with E-state index >= 15 is 0 Å². The maximum Gasteiger partial charge on any atom is 0.225 e. The predicted molar refractivity (Wildman–Crippen MR) is 137 cm³/mol. The summed E-state index contributed by atoms with van der Waals surface area (Å²) in [7, 11) is 0. The van der Waals surface area contributed by atoms with Crippen molar-refractivity contribution in [2.24, 2.45) is 10.9 Å². The predicted octanol–water partition coefficient (Wildman–Crippen LogP) is 3.87. The zero-order valence-corrected chi connectivity index (χ0v) is 21.6. The minimum Gasteiger partial charge on any atom is -0.474 e. The zero-order valence-electron chi connectivity index (χ0n) is 19.2. The number of likely N-dealkylation sites (tertiary alicyclic amines) is 1. The molecule has 3 fully saturated rings. The summed E-state index contributed by atoms with van der Waals surface area (Å²) >= 11 is 0. The molecule has 32 heavy (non-hydrogen) atoms. The average Bonchev–Trinajstić information content (AvgIpc) is 3.55. The number of halogens is 1. The Balaban J connectivity index is 0.00000289. The van der Waals surface area contributed by atoms with Gasteiger partial charge in [0.05, 0.1) is 6.54 Å². The number of nitrogens with one attached hydrogen (secondary N) is 2. The van der Waals surface area contributed by atoms with Crippen molar-refractivity contribution < 1.29 is 9.53 Å². The number of nitrogens with zero attached hydrogens (tertiary/aromatic N) is 3. The number of rotatable bonds is 7. The fourth-order valence-corrected chi connectivity index (χ4v) is 5.00. The van der Waals surface area contributed by atoms with E-state index in [9.17, 15) is 4.79 Å². The molecule has 1 amide bonds. The molecule has 1 atom stereocenters. The second-order valence-electron chi connectivity index (χ2n) is 9.08. The normalized spacial score (nSPS) is 22.1. The van der Waals surface area contributed by atoms with Crippen molar-refractivity contribution in [1.29, 1.82) is 0 Å². The van der Waals surface area contributed by atoms with Crippen LogP contribution in [0.4, 0.5) is 0 Å². The van der Waals surface area contributed by atoms with Gasteiger partial charge in [-0.1, -0.05) is 18.9 Å². The summed E-state index contributed by atoms with van der Waals surface area (Å²) in [5.41, 5.74) is 1.01. The largest absolute Gasteiger partial charge is 0.474 e. The Hall–Kier alpha value is -1.58. The van der Waals surface area contributed by atoms with Gasteiger partial charge in [0.1, 0.15) is 6.10 Å². The molecule has 3 aliphatic rings. The molecule has 1 aromatic heterocycles. The van der Waals surface area contributed by atoms with Crippen molar-refractivity contribution in [3.63, 3.8) is 0 Å². The van der Waals surface area contributed by atoms with Crippen LogP contribution in [0.2, 0.25) is 0 Å². The zero-order chi connectivity index (χ0) is 21.5. The maximum absolute atomic E-state index is 12.7. The van der Waals surface area contributed by atoms with E-state index in [1.165, 1.54) is 25.7 Å². The Kier molecular flexibility index (Phi) is 9.87. The van der Waals surface area contributed by atoms with E-state index in [1.54, 1.807) is 6.20 Å². The van der Waals surface area contributed by atoms with Gasteiger partial charge in [-0.2, -0.15) is 0 Å². The molecule has 2 N–H and O–H groups in total. The minimum absolute atomic E-state index is 0. The number of hydrogen-bond donors (Lipinski definition) is 2. The van der Waals surface area contributed by atoms with Gasteiger partial charge in [0, 0.05) is 43.4 Å². The van der Waals surface area contributed by atoms with Crippen molar-refractivity contribution in [1.82, 2.24) is 20.5 Å². The van der Waals surface area contributed by atoms with Crippen LogP contribution in [-0.2, 0) is 11.3 Å². The molecule has 7 nitrogen and oxygen atoms in total. The molecule has 2 saturated carbocycles. The molecular weight excluding hydrogens is 517 g/mol. The molecule has 178 valence electrons. The Morgan fingerprint density at radius 1 is 1.19 bits per heavy atom. The first-order valence-corrected chi connectivity index (χ1v) is 12.2. The van der Waals surface area contributed by atoms with E-state index < -0.39 is 0 Å². The van der Waals surface area contributed by atoms with Gasteiger partial charge in [0.25, 0.3) is 0 Å². The summed E-state index contributed by atoms with van der Waals surface area (Å²) in [5, 5.41) is 6.88. The second kappa shape index (κ2) is 12.6. The molecule has 8 heteroatoms. The van der Waals surface area contributed by atoms with Crippen LogP contribution >= 0.6 is 24.0 Å². The molecule has 1 aliphatic heterocycles. The number of ether oxygens (including phenoxy) is 1. The highest BCUT2D eigenvalue weighted by atomic mass is 127. The van der Waals surface area contributed by atoms with Crippen molar-refractivity contribution in [3.8, 4) is 5.88 Å². The van der Waals surface area contributed by atoms with Crippen molar-refractivity contribution in [3.05, 3.63) is 23.9 Å². The summed E-state index contributed by atoms with van der Waals surface area (Å²) < 4.78 is 6.16. The van der Waals surface area contributed by atoms with E-state index in [1.807, 2.05) is 17.0 Å². The van der Waals surface area contributed by atoms with Gasteiger partial charge in [-0.05, 0) is 57.9 Å². The number of carbonyl (C=O) groups excluding carboxylic acids is 1. The molecule has 1 aromatic rings. The van der Waals surface area contributed by atoms with Gasteiger partial charge < -0.3 is 20.3 Å². The summed E-state index contributed by atoms with van der Waals surface area (Å²) in [6.07, 6.45) is 12.3. The lowest BCUT2D eigenvalue weighted by atomic mass is 10.1. The monoisotopic (exact) mass is 555 g/mol. The third-order valence-electron chi connectivity index (χ3n) is 6.73. The smallest absolute Gasteiger partial charge is 0.225 e. The highest BCUT2D eigenvalue weighted by molar-refractivity contribution is 14.0. The number of aromatic nitrogens is 1. The number of aliphatic imine (C=N–C) groups is 1. The first kappa shape index (κ1) is 25.1. The fraction of sp³-hybridized carbons (Fsp3) is 0.708. The van der Waals surface area contributed by atoms with Crippen molar-refractivity contribution >= 4 is 35.8 Å². The van der Waals surface area contributed by atoms with Gasteiger partial charge in [-0.15, -0.1) is 24.0 Å². The van der Waals surface area contributed by atoms with E-state index in [0.29, 0.717) is 18.3 Å². The molecular formula is C24H38IN5O2. The van der Waals surface area contributed by atoms with Crippen LogP contribution in [0.25, 0.3) is 0 Å². The van der Waals surface area contributed by atoms with Crippen LogP contribution in [-0.4, -0.2) is 53.5 Å². The second-order valence-corrected chi connectivity index (χ2v) is 9.08. The summed E-state index contributed by atoms with van der Waals surface area (Å²) in [5.74, 6) is 2.11. The average molecular weight is 556 g/mol. The molecule has 0 spiro atoms. The third-order valence-corrected chi connectivity index (χ3v) is 6.73. The lowest BCUT2D eigenvalue weighted by Crippen LogP contribution is -2.45. The number of hydrogen-bond acceptors (Lipinski definition) is 4. The van der Waals surface area contributed by atoms with Crippen LogP contribution in [0.1, 0.15) is 70.3 Å². The summed E-state index contributed by atoms with van der Waals surface area (Å²) in [4.78, 5) is 24.0. The SMILES string of the molecule is CCNC(=NCc1cccnc1OC1CCCC1)NC1CCN(C(=O)C2CCCC2)C1.I. The molecule has 1 unspecified atom stereocenters.